The van der Waals surface area contributed by atoms with Gasteiger partial charge in [-0.2, -0.15) is 13.2 Å². The maximum atomic E-state index is 13.5. The number of hydrogen-bond donors (Lipinski definition) is 3. The molecule has 484 valence electrons. The quantitative estimate of drug-likeness (QED) is 0.0251. The van der Waals surface area contributed by atoms with Crippen LogP contribution in [-0.2, 0) is 4.74 Å². The van der Waals surface area contributed by atoms with Crippen molar-refractivity contribution in [2.75, 3.05) is 105 Å². The second-order valence-corrected chi connectivity index (χ2v) is 23.6. The van der Waals surface area contributed by atoms with Gasteiger partial charge in [-0.15, -0.1) is 12.4 Å². The fourth-order valence-corrected chi connectivity index (χ4v) is 10.4. The Hall–Kier alpha value is -6.53. The number of pyridine rings is 3. The molecule has 9 aromatic rings. The second kappa shape index (κ2) is 41.1. The van der Waals surface area contributed by atoms with E-state index < -0.39 is 17.8 Å². The van der Waals surface area contributed by atoms with E-state index in [9.17, 15) is 27.6 Å². The van der Waals surface area contributed by atoms with Crippen molar-refractivity contribution in [1.29, 1.82) is 0 Å². The van der Waals surface area contributed by atoms with Crippen molar-refractivity contribution < 1.29 is 46.5 Å². The summed E-state index contributed by atoms with van der Waals surface area (Å²) in [7, 11) is 0. The van der Waals surface area contributed by atoms with Crippen LogP contribution in [-0.4, -0.2) is 152 Å². The first-order valence-electron chi connectivity index (χ1n) is 29.5. The third-order valence-electron chi connectivity index (χ3n) is 13.8. The molecule has 0 saturated carbocycles. The van der Waals surface area contributed by atoms with Crippen LogP contribution < -0.4 is 30.6 Å². The first-order chi connectivity index (χ1) is 43.6. The Labute approximate surface area is 577 Å². The van der Waals surface area contributed by atoms with E-state index in [1.807, 2.05) is 98.8 Å². The zero-order chi connectivity index (χ0) is 64.6. The lowest BCUT2D eigenvalue weighted by Gasteiger charge is -2.20. The molecule has 0 saturated heterocycles. The number of amides is 2. The van der Waals surface area contributed by atoms with Gasteiger partial charge in [0.25, 0.3) is 29.7 Å². The molecule has 16 nitrogen and oxygen atoms in total. The van der Waals surface area contributed by atoms with E-state index in [1.54, 1.807) is 49.4 Å². The zero-order valence-electron chi connectivity index (χ0n) is 51.2. The molecule has 2 amide bonds. The van der Waals surface area contributed by atoms with Gasteiger partial charge in [0.15, 0.2) is 17.2 Å². The Morgan fingerprint density at radius 3 is 1.10 bits per heavy atom. The third-order valence-corrected chi connectivity index (χ3v) is 15.8. The minimum atomic E-state index is -0.604. The van der Waals surface area contributed by atoms with Gasteiger partial charge < -0.3 is 35.3 Å². The number of nitrogens with two attached hydrogens (primary N) is 1. The average Bonchev–Trinajstić information content (AvgIpc) is 2.67. The second-order valence-electron chi connectivity index (χ2n) is 19.9. The van der Waals surface area contributed by atoms with E-state index in [0.29, 0.717) is 88.9 Å². The monoisotopic (exact) mass is 1600 g/mol. The van der Waals surface area contributed by atoms with Crippen LogP contribution in [0.5, 0.6) is 17.2 Å². The van der Waals surface area contributed by atoms with Gasteiger partial charge in [0, 0.05) is 99.3 Å². The lowest BCUT2D eigenvalue weighted by molar-refractivity contribution is 0.0526. The number of rotatable bonds is 27. The number of carbonyl (C=O) groups excluding carboxylic acids is 3. The van der Waals surface area contributed by atoms with E-state index in [-0.39, 0.29) is 47.4 Å². The van der Waals surface area contributed by atoms with Crippen LogP contribution in [0, 0.1) is 28.6 Å². The van der Waals surface area contributed by atoms with E-state index >= 15 is 0 Å². The van der Waals surface area contributed by atoms with Crippen LogP contribution in [0.25, 0.3) is 32.3 Å². The van der Waals surface area contributed by atoms with Gasteiger partial charge in [0.05, 0.1) is 12.2 Å². The molecule has 91 heavy (non-hydrogen) atoms. The van der Waals surface area contributed by atoms with Gasteiger partial charge in [-0.3, -0.25) is 24.3 Å². The lowest BCUT2D eigenvalue weighted by Crippen LogP contribution is -2.37. The summed E-state index contributed by atoms with van der Waals surface area (Å²) in [6.45, 7) is 17.9. The van der Waals surface area contributed by atoms with E-state index in [4.69, 9.17) is 24.7 Å². The number of likely N-dealkylation sites (N-methyl/N-ethyl adjacent to an activating group) is 3. The normalized spacial score (nSPS) is 10.7. The van der Waals surface area contributed by atoms with Gasteiger partial charge in [0.2, 0.25) is 0 Å². The Balaban J connectivity index is 0.000000228. The number of halogens is 7. The summed E-state index contributed by atoms with van der Waals surface area (Å²) >= 11 is 6.83. The van der Waals surface area contributed by atoms with Crippen LogP contribution in [0.4, 0.5) is 13.2 Å². The molecule has 0 aliphatic carbocycles. The number of carbonyl (C=O) groups is 3. The van der Waals surface area contributed by atoms with Crippen molar-refractivity contribution in [1.82, 2.24) is 40.3 Å². The van der Waals surface area contributed by atoms with Crippen LogP contribution in [0.15, 0.2) is 164 Å². The number of nitrogens with one attached hydrogen (secondary N) is 2. The molecule has 0 aliphatic heterocycles. The molecule has 0 spiro atoms. The fraction of sp³-hybridized carbons (Fsp3) is 0.294. The molecular formula is C68H76ClF3I3N9O7. The Morgan fingerprint density at radius 1 is 0.451 bits per heavy atom. The summed E-state index contributed by atoms with van der Waals surface area (Å²) in [5, 5.41) is 12.5. The van der Waals surface area contributed by atoms with E-state index in [1.165, 1.54) is 29.3 Å². The van der Waals surface area contributed by atoms with E-state index in [2.05, 4.69) is 133 Å². The number of aromatic nitrogens is 3. The third kappa shape index (κ3) is 25.8. The molecule has 0 aliphatic rings. The summed E-state index contributed by atoms with van der Waals surface area (Å²) < 4.78 is 64.7. The van der Waals surface area contributed by atoms with Crippen molar-refractivity contribution in [2.45, 2.75) is 27.7 Å². The van der Waals surface area contributed by atoms with Crippen LogP contribution in [0.2, 0.25) is 0 Å². The number of esters is 1. The van der Waals surface area contributed by atoms with Gasteiger partial charge in [-0.1, -0.05) is 57.2 Å². The van der Waals surface area contributed by atoms with Gasteiger partial charge in [0.1, 0.15) is 19.8 Å². The van der Waals surface area contributed by atoms with E-state index in [0.717, 1.165) is 65.0 Å². The molecule has 0 atom stereocenters. The van der Waals surface area contributed by atoms with Crippen LogP contribution >= 0.6 is 80.2 Å². The summed E-state index contributed by atoms with van der Waals surface area (Å²) in [6.07, 6.45) is 4.17. The molecule has 0 fully saturated rings. The van der Waals surface area contributed by atoms with Crippen LogP contribution in [0.3, 0.4) is 0 Å². The largest absolute Gasteiger partial charge is 0.487 e. The molecule has 9 rings (SSSR count). The summed E-state index contributed by atoms with van der Waals surface area (Å²) in [5.41, 5.74) is 7.37. The van der Waals surface area contributed by atoms with Gasteiger partial charge in [-0.05, 0) is 236 Å². The summed E-state index contributed by atoms with van der Waals surface area (Å²) in [5.74, 6) is -1.70. The van der Waals surface area contributed by atoms with Gasteiger partial charge in [-0.25, -0.2) is 19.7 Å². The highest BCUT2D eigenvalue weighted by atomic mass is 127. The van der Waals surface area contributed by atoms with Crippen molar-refractivity contribution in [3.05, 3.63) is 209 Å². The van der Waals surface area contributed by atoms with Gasteiger partial charge >= 0.3 is 5.97 Å². The van der Waals surface area contributed by atoms with Crippen molar-refractivity contribution in [2.24, 2.45) is 5.73 Å². The minimum Gasteiger partial charge on any atom is -0.487 e. The smallest absolute Gasteiger partial charge is 0.338 e. The first kappa shape index (κ1) is 75.2. The molecule has 0 bridgehead atoms. The highest BCUT2D eigenvalue weighted by Crippen LogP contribution is 2.23. The summed E-state index contributed by atoms with van der Waals surface area (Å²) in [6, 6.07) is 45.1. The maximum absolute atomic E-state index is 13.5. The van der Waals surface area contributed by atoms with Crippen molar-refractivity contribution in [3.63, 3.8) is 0 Å². The molecule has 4 N–H and O–H groups in total. The number of fused-ring (bicyclic) bond motifs is 3. The highest BCUT2D eigenvalue weighted by molar-refractivity contribution is 14.1. The molecule has 3 heterocycles. The Morgan fingerprint density at radius 2 is 0.769 bits per heavy atom. The predicted octanol–water partition coefficient (Wildman–Crippen LogP) is 13.1. The van der Waals surface area contributed by atoms with Crippen molar-refractivity contribution in [3.8, 4) is 17.2 Å². The topological polar surface area (TPSA) is 187 Å². The molecule has 6 aromatic carbocycles. The number of ether oxygens (including phenoxy) is 4. The summed E-state index contributed by atoms with van der Waals surface area (Å²) in [4.78, 5) is 53.5. The molecule has 3 aromatic heterocycles. The first-order valence-corrected chi connectivity index (χ1v) is 32.7. The Kier molecular flexibility index (Phi) is 34.0. The minimum absolute atomic E-state index is 0. The molecule has 0 unspecified atom stereocenters. The zero-order valence-corrected chi connectivity index (χ0v) is 58.5. The Bertz CT molecular complexity index is 3580. The number of hydrogen-bond acceptors (Lipinski definition) is 14. The number of benzene rings is 6. The average molecular weight is 1600 g/mol. The maximum Gasteiger partial charge on any atom is 0.338 e. The molecule has 0 radical (unpaired) electrons. The fourth-order valence-electron chi connectivity index (χ4n) is 8.89. The van der Waals surface area contributed by atoms with Crippen LogP contribution in [0.1, 0.15) is 58.8 Å². The SMILES string of the molecule is CCN(CCN)CCOc1cccnc1F.CCN(CCNC(=O)c1ccc2cc(I)ccc2c1)CCOc1cccnc1F.CCN(CCNC(=O)c1ccc2cc(I)ccc2c1)CCOc1cccnc1F.CCOC(=O)c1ccc2cc(I)ccc2c1.Cl. The molecule has 23 heteroatoms. The molecular weight excluding hydrogens is 1530 g/mol. The standard InChI is InChI=1S/2C22H23FIN3O2.C13H11IO2.C11H18FN3O.ClH/c2*1-2-27(12-13-29-20-4-3-9-25-21(20)23)11-10-26-22(28)18-6-5-17-15-19(24)8-7-16(17)14-18;1-2-16-13(15)11-4-3-10-8-12(14)6-5-9(10)7-11;1-2-15(7-5-13)8-9-16-10-4-3-6-14-11(10)12;/h2*3-9,14-15H,2,10-13H2,1H3,(H,26,28);3-8H,2H2,1H3;3-4,6H,2,5,7-9,13H2,1H3;1H. The number of nitrogens with zero attached hydrogens (tertiary/aromatic N) is 6. The predicted molar refractivity (Wildman–Crippen MR) is 382 cm³/mol. The lowest BCUT2D eigenvalue weighted by atomic mass is 10.1. The van der Waals surface area contributed by atoms with Crippen molar-refractivity contribution >= 4 is 130 Å². The highest BCUT2D eigenvalue weighted by Gasteiger charge is 2.13.